The fraction of sp³-hybridized carbons (Fsp3) is 0.286. The normalized spacial score (nSPS) is 10.5. The second-order valence-corrected chi connectivity index (χ2v) is 4.93. The van der Waals surface area contributed by atoms with Crippen molar-refractivity contribution in [2.45, 2.75) is 26.7 Å². The van der Waals surface area contributed by atoms with Crippen LogP contribution in [0.3, 0.4) is 0 Å². The van der Waals surface area contributed by atoms with Crippen molar-refractivity contribution < 1.29 is 4.79 Å². The van der Waals surface area contributed by atoms with Gasteiger partial charge in [-0.1, -0.05) is 13.8 Å². The van der Waals surface area contributed by atoms with E-state index in [1.54, 1.807) is 18.5 Å². The lowest BCUT2D eigenvalue weighted by Crippen LogP contribution is -2.21. The fourth-order valence-electron chi connectivity index (χ4n) is 1.75. The third kappa shape index (κ3) is 3.32. The summed E-state index contributed by atoms with van der Waals surface area (Å²) in [5.41, 5.74) is 4.59. The van der Waals surface area contributed by atoms with E-state index in [0.29, 0.717) is 17.2 Å². The summed E-state index contributed by atoms with van der Waals surface area (Å²) in [5, 5.41) is 2.80. The van der Waals surface area contributed by atoms with Crippen molar-refractivity contribution in [3.8, 4) is 0 Å². The lowest BCUT2D eigenvalue weighted by Gasteiger charge is -2.12. The van der Waals surface area contributed by atoms with Crippen LogP contribution in [-0.2, 0) is 0 Å². The molecule has 0 aliphatic rings. The van der Waals surface area contributed by atoms with Crippen molar-refractivity contribution >= 4 is 17.3 Å². The molecule has 0 unspecified atom stereocenters. The molecule has 0 bridgehead atoms. The van der Waals surface area contributed by atoms with Crippen molar-refractivity contribution in [3.63, 3.8) is 0 Å². The number of pyridine rings is 1. The Bertz CT molecular complexity index is 656. The van der Waals surface area contributed by atoms with E-state index in [9.17, 15) is 4.79 Å². The van der Waals surface area contributed by atoms with Gasteiger partial charge in [0.25, 0.3) is 5.91 Å². The average Bonchev–Trinajstić information content (AvgIpc) is 2.48. The van der Waals surface area contributed by atoms with E-state index < -0.39 is 0 Å². The topological polar surface area (TPSA) is 106 Å². The Balaban J connectivity index is 2.34. The number of nitrogens with one attached hydrogen (secondary N) is 2. The Labute approximate surface area is 123 Å². The van der Waals surface area contributed by atoms with Crippen molar-refractivity contribution in [1.82, 2.24) is 15.0 Å². The van der Waals surface area contributed by atoms with Crippen LogP contribution in [-0.4, -0.2) is 20.9 Å². The molecular formula is C14H18N6O. The number of hydrogen-bond acceptors (Lipinski definition) is 6. The van der Waals surface area contributed by atoms with E-state index in [0.717, 1.165) is 5.56 Å². The molecule has 4 N–H and O–H groups in total. The minimum atomic E-state index is -0.346. The molecule has 21 heavy (non-hydrogen) atoms. The molecule has 0 fully saturated rings. The van der Waals surface area contributed by atoms with Crippen LogP contribution in [0.2, 0.25) is 0 Å². The molecule has 2 heterocycles. The van der Waals surface area contributed by atoms with Crippen molar-refractivity contribution in [2.75, 3.05) is 10.7 Å². The number of carbonyl (C=O) groups is 1. The largest absolute Gasteiger partial charge is 0.321 e. The molecule has 0 aliphatic heterocycles. The molecule has 2 aromatic rings. The van der Waals surface area contributed by atoms with E-state index in [1.807, 2.05) is 20.8 Å². The summed E-state index contributed by atoms with van der Waals surface area (Å²) < 4.78 is 0. The SMILES string of the molecule is Cc1cnccc1NC(=O)c1nc(C(C)C)ncc1NN. The van der Waals surface area contributed by atoms with E-state index in [2.05, 4.69) is 25.7 Å². The number of rotatable bonds is 4. The molecule has 1 amide bonds. The monoisotopic (exact) mass is 286 g/mol. The number of nitrogens with zero attached hydrogens (tertiary/aromatic N) is 3. The molecule has 2 aromatic heterocycles. The van der Waals surface area contributed by atoms with Gasteiger partial charge in [-0.3, -0.25) is 15.6 Å². The van der Waals surface area contributed by atoms with Gasteiger partial charge in [0.15, 0.2) is 5.69 Å². The highest BCUT2D eigenvalue weighted by atomic mass is 16.1. The zero-order valence-electron chi connectivity index (χ0n) is 12.2. The van der Waals surface area contributed by atoms with Crippen LogP contribution >= 0.6 is 0 Å². The molecule has 0 radical (unpaired) electrons. The molecule has 0 atom stereocenters. The maximum Gasteiger partial charge on any atom is 0.276 e. The van der Waals surface area contributed by atoms with Crippen LogP contribution in [0.4, 0.5) is 11.4 Å². The highest BCUT2D eigenvalue weighted by molar-refractivity contribution is 6.06. The van der Waals surface area contributed by atoms with Gasteiger partial charge in [0.05, 0.1) is 11.9 Å². The summed E-state index contributed by atoms with van der Waals surface area (Å²) in [7, 11) is 0. The highest BCUT2D eigenvalue weighted by Crippen LogP contribution is 2.18. The van der Waals surface area contributed by atoms with Gasteiger partial charge in [-0.25, -0.2) is 9.97 Å². The zero-order chi connectivity index (χ0) is 15.4. The van der Waals surface area contributed by atoms with Crippen LogP contribution in [0.15, 0.2) is 24.7 Å². The minimum absolute atomic E-state index is 0.117. The van der Waals surface area contributed by atoms with Crippen molar-refractivity contribution in [2.24, 2.45) is 5.84 Å². The fourth-order valence-corrected chi connectivity index (χ4v) is 1.75. The first kappa shape index (κ1) is 14.9. The average molecular weight is 286 g/mol. The first-order valence-electron chi connectivity index (χ1n) is 6.58. The summed E-state index contributed by atoms with van der Waals surface area (Å²) >= 11 is 0. The van der Waals surface area contributed by atoms with Gasteiger partial charge in [-0.2, -0.15) is 0 Å². The number of aryl methyl sites for hydroxylation is 1. The summed E-state index contributed by atoms with van der Waals surface area (Å²) in [5.74, 6) is 5.78. The number of nitrogens with two attached hydrogens (primary N) is 1. The first-order chi connectivity index (χ1) is 10.0. The number of carbonyl (C=O) groups excluding carboxylic acids is 1. The Kier molecular flexibility index (Phi) is 4.44. The molecule has 0 spiro atoms. The maximum absolute atomic E-state index is 12.4. The van der Waals surface area contributed by atoms with Gasteiger partial charge >= 0.3 is 0 Å². The summed E-state index contributed by atoms with van der Waals surface area (Å²) in [6.45, 7) is 5.78. The van der Waals surface area contributed by atoms with E-state index in [4.69, 9.17) is 5.84 Å². The number of hydrazine groups is 1. The summed E-state index contributed by atoms with van der Waals surface area (Å²) in [6, 6.07) is 1.73. The third-order valence-corrected chi connectivity index (χ3v) is 2.96. The minimum Gasteiger partial charge on any atom is -0.321 e. The van der Waals surface area contributed by atoms with E-state index >= 15 is 0 Å². The zero-order valence-corrected chi connectivity index (χ0v) is 12.2. The molecule has 2 rings (SSSR count). The Morgan fingerprint density at radius 2 is 2.05 bits per heavy atom. The standard InChI is InChI=1S/C14H18N6O/c1-8(2)13-17-7-11(20-15)12(19-13)14(21)18-10-4-5-16-6-9(10)3/h4-8,20H,15H2,1-3H3,(H,16,18,21). The van der Waals surface area contributed by atoms with Gasteiger partial charge in [-0.05, 0) is 18.6 Å². The Morgan fingerprint density at radius 3 is 2.67 bits per heavy atom. The molecule has 0 aliphatic carbocycles. The van der Waals surface area contributed by atoms with Gasteiger partial charge in [0, 0.05) is 24.0 Å². The van der Waals surface area contributed by atoms with Crippen molar-refractivity contribution in [1.29, 1.82) is 0 Å². The Hall–Kier alpha value is -2.54. The van der Waals surface area contributed by atoms with Crippen LogP contribution in [0.1, 0.15) is 41.6 Å². The lowest BCUT2D eigenvalue weighted by molar-refractivity contribution is 0.102. The van der Waals surface area contributed by atoms with Gasteiger partial charge in [-0.15, -0.1) is 0 Å². The van der Waals surface area contributed by atoms with Crippen LogP contribution in [0.25, 0.3) is 0 Å². The third-order valence-electron chi connectivity index (χ3n) is 2.96. The first-order valence-corrected chi connectivity index (χ1v) is 6.58. The Morgan fingerprint density at radius 1 is 1.29 bits per heavy atom. The number of anilines is 2. The van der Waals surface area contributed by atoms with Gasteiger partial charge in [0.1, 0.15) is 5.82 Å². The highest BCUT2D eigenvalue weighted by Gasteiger charge is 2.17. The smallest absolute Gasteiger partial charge is 0.276 e. The molecule has 110 valence electrons. The number of amides is 1. The second-order valence-electron chi connectivity index (χ2n) is 4.93. The summed E-state index contributed by atoms with van der Waals surface area (Å²) in [6.07, 6.45) is 4.80. The predicted molar refractivity (Wildman–Crippen MR) is 80.9 cm³/mol. The number of aromatic nitrogens is 3. The molecule has 0 aromatic carbocycles. The maximum atomic E-state index is 12.4. The molecule has 0 saturated heterocycles. The lowest BCUT2D eigenvalue weighted by atomic mass is 10.2. The van der Waals surface area contributed by atoms with Crippen molar-refractivity contribution in [3.05, 3.63) is 41.7 Å². The quantitative estimate of drug-likeness (QED) is 0.585. The number of hydrogen-bond donors (Lipinski definition) is 3. The van der Waals surface area contributed by atoms with Gasteiger partial charge in [0.2, 0.25) is 0 Å². The van der Waals surface area contributed by atoms with Gasteiger partial charge < -0.3 is 10.7 Å². The van der Waals surface area contributed by atoms with E-state index in [1.165, 1.54) is 6.20 Å². The molecular weight excluding hydrogens is 268 g/mol. The predicted octanol–water partition coefficient (Wildman–Crippen LogP) is 1.84. The molecule has 7 nitrogen and oxygen atoms in total. The van der Waals surface area contributed by atoms with E-state index in [-0.39, 0.29) is 17.5 Å². The summed E-state index contributed by atoms with van der Waals surface area (Å²) in [4.78, 5) is 24.9. The van der Waals surface area contributed by atoms with Crippen LogP contribution in [0, 0.1) is 6.92 Å². The number of nitrogen functional groups attached to an aromatic ring is 1. The second kappa shape index (κ2) is 6.27. The molecule has 0 saturated carbocycles. The van der Waals surface area contributed by atoms with Crippen LogP contribution in [0.5, 0.6) is 0 Å². The van der Waals surface area contributed by atoms with Crippen LogP contribution < -0.4 is 16.6 Å². The molecule has 7 heteroatoms.